The molecule has 0 spiro atoms. The van der Waals surface area contributed by atoms with Gasteiger partial charge in [0.25, 0.3) is 0 Å². The molecule has 0 aromatic heterocycles. The van der Waals surface area contributed by atoms with Gasteiger partial charge in [-0.15, -0.1) is 0 Å². The highest BCUT2D eigenvalue weighted by atomic mass is 15.3. The van der Waals surface area contributed by atoms with E-state index in [1.807, 2.05) is 0 Å². The number of fused-ring (bicyclic) bond motifs is 1. The van der Waals surface area contributed by atoms with Gasteiger partial charge in [-0.1, -0.05) is 32.9 Å². The van der Waals surface area contributed by atoms with E-state index in [-0.39, 0.29) is 5.41 Å². The molecule has 2 heteroatoms. The Morgan fingerprint density at radius 2 is 1.75 bits per heavy atom. The molecule has 1 aromatic rings. The Balaban J connectivity index is 1.78. The third-order valence-corrected chi connectivity index (χ3v) is 5.00. The molecule has 0 amide bonds. The van der Waals surface area contributed by atoms with Gasteiger partial charge in [-0.2, -0.15) is 0 Å². The summed E-state index contributed by atoms with van der Waals surface area (Å²) in [7, 11) is 0. The van der Waals surface area contributed by atoms with Gasteiger partial charge in [0.2, 0.25) is 0 Å². The molecule has 0 aliphatic carbocycles. The molecule has 2 saturated heterocycles. The maximum atomic E-state index is 2.69. The summed E-state index contributed by atoms with van der Waals surface area (Å²) in [5, 5.41) is 0. The van der Waals surface area contributed by atoms with Crippen LogP contribution in [-0.4, -0.2) is 36.6 Å². The fourth-order valence-corrected chi connectivity index (χ4v) is 3.70. The molecule has 0 bridgehead atoms. The monoisotopic (exact) mass is 272 g/mol. The standard InChI is InChI=1S/C18H28N2/c1-14-12-19-11-5-6-17(19)13-20(14)16-9-7-15(8-10-16)18(2,3)4/h7-10,14,17H,5-6,11-13H2,1-4H3. The van der Waals surface area contributed by atoms with E-state index >= 15 is 0 Å². The molecule has 0 saturated carbocycles. The lowest BCUT2D eigenvalue weighted by Gasteiger charge is -2.43. The van der Waals surface area contributed by atoms with Crippen LogP contribution in [-0.2, 0) is 5.41 Å². The van der Waals surface area contributed by atoms with Crippen LogP contribution in [0.15, 0.2) is 24.3 Å². The summed E-state index contributed by atoms with van der Waals surface area (Å²) >= 11 is 0. The molecular weight excluding hydrogens is 244 g/mol. The largest absolute Gasteiger partial charge is 0.366 e. The zero-order valence-corrected chi connectivity index (χ0v) is 13.4. The van der Waals surface area contributed by atoms with Gasteiger partial charge in [0.15, 0.2) is 0 Å². The van der Waals surface area contributed by atoms with Crippen molar-refractivity contribution in [3.8, 4) is 0 Å². The molecule has 2 aliphatic rings. The summed E-state index contributed by atoms with van der Waals surface area (Å²) < 4.78 is 0. The van der Waals surface area contributed by atoms with E-state index in [2.05, 4.69) is 61.8 Å². The Morgan fingerprint density at radius 1 is 1.05 bits per heavy atom. The number of piperazine rings is 1. The molecule has 2 unspecified atom stereocenters. The average Bonchev–Trinajstić information content (AvgIpc) is 2.84. The van der Waals surface area contributed by atoms with Crippen molar-refractivity contribution in [1.29, 1.82) is 0 Å². The first-order chi connectivity index (χ1) is 9.45. The summed E-state index contributed by atoms with van der Waals surface area (Å²) in [6.45, 7) is 12.9. The minimum Gasteiger partial charge on any atom is -0.366 e. The van der Waals surface area contributed by atoms with E-state index in [9.17, 15) is 0 Å². The highest BCUT2D eigenvalue weighted by Crippen LogP contribution is 2.30. The number of nitrogens with zero attached hydrogens (tertiary/aromatic N) is 2. The summed E-state index contributed by atoms with van der Waals surface area (Å²) in [5.41, 5.74) is 3.07. The SMILES string of the molecule is CC1CN2CCCC2CN1c1ccc(C(C)(C)C)cc1. The second-order valence-electron chi connectivity index (χ2n) is 7.59. The van der Waals surface area contributed by atoms with Crippen molar-refractivity contribution in [3.05, 3.63) is 29.8 Å². The number of anilines is 1. The topological polar surface area (TPSA) is 6.48 Å². The Kier molecular flexibility index (Phi) is 3.53. The van der Waals surface area contributed by atoms with Crippen LogP contribution in [0.4, 0.5) is 5.69 Å². The lowest BCUT2D eigenvalue weighted by molar-refractivity contribution is 0.203. The zero-order chi connectivity index (χ0) is 14.3. The van der Waals surface area contributed by atoms with Crippen molar-refractivity contribution < 1.29 is 0 Å². The van der Waals surface area contributed by atoms with Crippen LogP contribution in [0.1, 0.15) is 46.1 Å². The van der Waals surface area contributed by atoms with Crippen LogP contribution in [0.2, 0.25) is 0 Å². The summed E-state index contributed by atoms with van der Waals surface area (Å²) in [6.07, 6.45) is 2.76. The van der Waals surface area contributed by atoms with E-state index in [1.54, 1.807) is 0 Å². The van der Waals surface area contributed by atoms with Crippen LogP contribution in [0.5, 0.6) is 0 Å². The van der Waals surface area contributed by atoms with Crippen LogP contribution >= 0.6 is 0 Å². The fraction of sp³-hybridized carbons (Fsp3) is 0.667. The first-order valence-electron chi connectivity index (χ1n) is 8.06. The number of hydrogen-bond donors (Lipinski definition) is 0. The highest BCUT2D eigenvalue weighted by molar-refractivity contribution is 5.50. The Bertz CT molecular complexity index is 457. The van der Waals surface area contributed by atoms with Gasteiger partial charge in [0.1, 0.15) is 0 Å². The minimum absolute atomic E-state index is 0.244. The molecule has 110 valence electrons. The predicted molar refractivity (Wildman–Crippen MR) is 86.5 cm³/mol. The zero-order valence-electron chi connectivity index (χ0n) is 13.4. The second-order valence-corrected chi connectivity index (χ2v) is 7.59. The van der Waals surface area contributed by atoms with Crippen molar-refractivity contribution in [2.24, 2.45) is 0 Å². The maximum Gasteiger partial charge on any atom is 0.0389 e. The number of rotatable bonds is 1. The number of hydrogen-bond acceptors (Lipinski definition) is 2. The van der Waals surface area contributed by atoms with E-state index in [0.717, 1.165) is 6.04 Å². The van der Waals surface area contributed by atoms with Gasteiger partial charge < -0.3 is 4.90 Å². The molecule has 2 fully saturated rings. The molecule has 20 heavy (non-hydrogen) atoms. The molecule has 3 rings (SSSR count). The first-order valence-corrected chi connectivity index (χ1v) is 8.06. The van der Waals surface area contributed by atoms with E-state index in [1.165, 1.54) is 43.7 Å². The second kappa shape index (κ2) is 5.07. The lowest BCUT2D eigenvalue weighted by atomic mass is 9.87. The molecule has 2 aliphatic heterocycles. The fourth-order valence-electron chi connectivity index (χ4n) is 3.70. The maximum absolute atomic E-state index is 2.69. The average molecular weight is 272 g/mol. The van der Waals surface area contributed by atoms with Gasteiger partial charge >= 0.3 is 0 Å². The van der Waals surface area contributed by atoms with Crippen molar-refractivity contribution in [2.45, 2.75) is 58.0 Å². The van der Waals surface area contributed by atoms with E-state index < -0.39 is 0 Å². The van der Waals surface area contributed by atoms with Gasteiger partial charge in [-0.05, 0) is 49.4 Å². The normalized spacial score (nSPS) is 27.7. The van der Waals surface area contributed by atoms with Crippen LogP contribution in [0, 0.1) is 0 Å². The summed E-state index contributed by atoms with van der Waals surface area (Å²) in [5.74, 6) is 0. The molecule has 2 heterocycles. The highest BCUT2D eigenvalue weighted by Gasteiger charge is 2.34. The van der Waals surface area contributed by atoms with Crippen molar-refractivity contribution in [3.63, 3.8) is 0 Å². The third kappa shape index (κ3) is 2.58. The molecule has 1 aromatic carbocycles. The van der Waals surface area contributed by atoms with Crippen LogP contribution < -0.4 is 4.90 Å². The van der Waals surface area contributed by atoms with E-state index in [0.29, 0.717) is 6.04 Å². The first kappa shape index (κ1) is 13.9. The third-order valence-electron chi connectivity index (χ3n) is 5.00. The predicted octanol–water partition coefficient (Wildman–Crippen LogP) is 3.66. The molecule has 0 radical (unpaired) electrons. The van der Waals surface area contributed by atoms with Gasteiger partial charge in [0.05, 0.1) is 0 Å². The smallest absolute Gasteiger partial charge is 0.0389 e. The minimum atomic E-state index is 0.244. The van der Waals surface area contributed by atoms with Gasteiger partial charge in [-0.3, -0.25) is 4.90 Å². The van der Waals surface area contributed by atoms with Crippen molar-refractivity contribution >= 4 is 5.69 Å². The van der Waals surface area contributed by atoms with E-state index in [4.69, 9.17) is 0 Å². The Hall–Kier alpha value is -1.02. The number of benzene rings is 1. The van der Waals surface area contributed by atoms with Crippen molar-refractivity contribution in [1.82, 2.24) is 4.90 Å². The van der Waals surface area contributed by atoms with Crippen LogP contribution in [0.25, 0.3) is 0 Å². The van der Waals surface area contributed by atoms with Crippen LogP contribution in [0.3, 0.4) is 0 Å². The molecular formula is C18H28N2. The molecule has 2 atom stereocenters. The Morgan fingerprint density at radius 3 is 2.40 bits per heavy atom. The van der Waals surface area contributed by atoms with Gasteiger partial charge in [-0.25, -0.2) is 0 Å². The Labute approximate surface area is 123 Å². The summed E-state index contributed by atoms with van der Waals surface area (Å²) in [4.78, 5) is 5.30. The molecule has 2 nitrogen and oxygen atoms in total. The quantitative estimate of drug-likeness (QED) is 0.770. The van der Waals surface area contributed by atoms with Crippen molar-refractivity contribution in [2.75, 3.05) is 24.5 Å². The molecule has 0 N–H and O–H groups in total. The lowest BCUT2D eigenvalue weighted by Crippen LogP contribution is -2.55. The van der Waals surface area contributed by atoms with Gasteiger partial charge in [0, 0.05) is 30.9 Å². The summed E-state index contributed by atoms with van der Waals surface area (Å²) in [6, 6.07) is 10.7.